The Morgan fingerprint density at radius 2 is 2.10 bits per heavy atom. The van der Waals surface area contributed by atoms with Gasteiger partial charge < -0.3 is 15.4 Å². The SMILES string of the molecule is CCCCN(c1ccccc1)C(C)(CN)C1CCOC1. The van der Waals surface area contributed by atoms with Gasteiger partial charge in [0.2, 0.25) is 0 Å². The lowest BCUT2D eigenvalue weighted by atomic mass is 9.82. The summed E-state index contributed by atoms with van der Waals surface area (Å²) >= 11 is 0. The molecule has 0 radical (unpaired) electrons. The number of unbranched alkanes of at least 4 members (excludes halogenated alkanes) is 1. The fraction of sp³-hybridized carbons (Fsp3) is 0.647. The van der Waals surface area contributed by atoms with Crippen LogP contribution in [0.15, 0.2) is 30.3 Å². The maximum Gasteiger partial charge on any atom is 0.0546 e. The molecular weight excluding hydrogens is 248 g/mol. The van der Waals surface area contributed by atoms with Gasteiger partial charge in [-0.05, 0) is 31.9 Å². The average molecular weight is 276 g/mol. The van der Waals surface area contributed by atoms with Crippen molar-refractivity contribution in [2.75, 3.05) is 31.2 Å². The van der Waals surface area contributed by atoms with E-state index in [-0.39, 0.29) is 5.54 Å². The first-order valence-corrected chi connectivity index (χ1v) is 7.83. The van der Waals surface area contributed by atoms with Crippen LogP contribution in [0.2, 0.25) is 0 Å². The number of hydrogen-bond acceptors (Lipinski definition) is 3. The molecule has 0 aliphatic carbocycles. The molecule has 2 atom stereocenters. The van der Waals surface area contributed by atoms with Gasteiger partial charge in [-0.2, -0.15) is 0 Å². The van der Waals surface area contributed by atoms with E-state index in [0.29, 0.717) is 12.5 Å². The Morgan fingerprint density at radius 3 is 2.65 bits per heavy atom. The van der Waals surface area contributed by atoms with Gasteiger partial charge in [-0.1, -0.05) is 31.5 Å². The molecule has 3 heteroatoms. The van der Waals surface area contributed by atoms with Crippen molar-refractivity contribution in [1.29, 1.82) is 0 Å². The van der Waals surface area contributed by atoms with E-state index in [9.17, 15) is 0 Å². The zero-order valence-corrected chi connectivity index (χ0v) is 12.8. The molecule has 2 rings (SSSR count). The minimum Gasteiger partial charge on any atom is -0.381 e. The van der Waals surface area contributed by atoms with Crippen LogP contribution in [0.25, 0.3) is 0 Å². The summed E-state index contributed by atoms with van der Waals surface area (Å²) in [5.74, 6) is 0.518. The van der Waals surface area contributed by atoms with Crippen LogP contribution in [0.1, 0.15) is 33.1 Å². The van der Waals surface area contributed by atoms with Crippen LogP contribution in [0.3, 0.4) is 0 Å². The van der Waals surface area contributed by atoms with Gasteiger partial charge in [0.25, 0.3) is 0 Å². The summed E-state index contributed by atoms with van der Waals surface area (Å²) in [6.45, 7) is 7.97. The van der Waals surface area contributed by atoms with E-state index in [0.717, 1.165) is 26.2 Å². The van der Waals surface area contributed by atoms with Gasteiger partial charge in [0.1, 0.15) is 0 Å². The predicted octanol–water partition coefficient (Wildman–Crippen LogP) is 3.05. The largest absolute Gasteiger partial charge is 0.381 e. The second-order valence-electron chi connectivity index (χ2n) is 5.96. The van der Waals surface area contributed by atoms with Gasteiger partial charge in [0.15, 0.2) is 0 Å². The van der Waals surface area contributed by atoms with Crippen LogP contribution < -0.4 is 10.6 Å². The molecule has 0 bridgehead atoms. The summed E-state index contributed by atoms with van der Waals surface area (Å²) in [6.07, 6.45) is 3.51. The first-order valence-electron chi connectivity index (χ1n) is 7.83. The van der Waals surface area contributed by atoms with Crippen molar-refractivity contribution in [3.8, 4) is 0 Å². The monoisotopic (exact) mass is 276 g/mol. The van der Waals surface area contributed by atoms with Crippen molar-refractivity contribution in [3.63, 3.8) is 0 Å². The fourth-order valence-corrected chi connectivity index (χ4v) is 3.13. The van der Waals surface area contributed by atoms with Gasteiger partial charge in [0.05, 0.1) is 12.1 Å². The number of nitrogens with two attached hydrogens (primary N) is 1. The van der Waals surface area contributed by atoms with Crippen molar-refractivity contribution in [1.82, 2.24) is 0 Å². The van der Waals surface area contributed by atoms with Gasteiger partial charge >= 0.3 is 0 Å². The summed E-state index contributed by atoms with van der Waals surface area (Å²) in [6, 6.07) is 10.7. The Hall–Kier alpha value is -1.06. The fourth-order valence-electron chi connectivity index (χ4n) is 3.13. The molecule has 112 valence electrons. The zero-order valence-electron chi connectivity index (χ0n) is 12.8. The highest BCUT2D eigenvalue weighted by Crippen LogP contribution is 2.34. The third-order valence-electron chi connectivity index (χ3n) is 4.64. The molecule has 0 amide bonds. The molecular formula is C17H28N2O. The highest BCUT2D eigenvalue weighted by molar-refractivity contribution is 5.49. The molecule has 2 unspecified atom stereocenters. The Kier molecular flexibility index (Phi) is 5.44. The Morgan fingerprint density at radius 1 is 1.35 bits per heavy atom. The van der Waals surface area contributed by atoms with E-state index in [1.165, 1.54) is 18.5 Å². The molecule has 3 nitrogen and oxygen atoms in total. The van der Waals surface area contributed by atoms with Crippen LogP contribution in [0, 0.1) is 5.92 Å². The topological polar surface area (TPSA) is 38.5 Å². The van der Waals surface area contributed by atoms with E-state index in [1.54, 1.807) is 0 Å². The number of hydrogen-bond donors (Lipinski definition) is 1. The van der Waals surface area contributed by atoms with Gasteiger partial charge in [-0.15, -0.1) is 0 Å². The van der Waals surface area contributed by atoms with Crippen molar-refractivity contribution in [2.45, 2.75) is 38.6 Å². The summed E-state index contributed by atoms with van der Waals surface area (Å²) in [5.41, 5.74) is 7.46. The normalized spacial score (nSPS) is 21.6. The second kappa shape index (κ2) is 7.09. The standard InChI is InChI=1S/C17H28N2O/c1-3-4-11-19(16-8-6-5-7-9-16)17(2,14-18)15-10-12-20-13-15/h5-9,15H,3-4,10-14,18H2,1-2H3. The lowest BCUT2D eigenvalue weighted by Gasteiger charge is -2.46. The van der Waals surface area contributed by atoms with Crippen LogP contribution in [-0.2, 0) is 4.74 Å². The molecule has 2 N–H and O–H groups in total. The van der Waals surface area contributed by atoms with E-state index >= 15 is 0 Å². The molecule has 1 aliphatic heterocycles. The van der Waals surface area contributed by atoms with Gasteiger partial charge in [-0.3, -0.25) is 0 Å². The molecule has 1 aromatic rings. The van der Waals surface area contributed by atoms with Crippen LogP contribution in [-0.4, -0.2) is 31.8 Å². The van der Waals surface area contributed by atoms with Crippen molar-refractivity contribution >= 4 is 5.69 Å². The van der Waals surface area contributed by atoms with Crippen molar-refractivity contribution < 1.29 is 4.74 Å². The molecule has 0 saturated carbocycles. The third-order valence-corrected chi connectivity index (χ3v) is 4.64. The van der Waals surface area contributed by atoms with Crippen molar-refractivity contribution in [3.05, 3.63) is 30.3 Å². The molecule has 0 spiro atoms. The molecule has 1 fully saturated rings. The summed E-state index contributed by atoms with van der Waals surface area (Å²) in [5, 5.41) is 0. The number of anilines is 1. The maximum atomic E-state index is 6.20. The molecule has 20 heavy (non-hydrogen) atoms. The maximum absolute atomic E-state index is 6.20. The average Bonchev–Trinajstić information content (AvgIpc) is 3.03. The zero-order chi connectivity index (χ0) is 14.4. The van der Waals surface area contributed by atoms with E-state index in [4.69, 9.17) is 10.5 Å². The molecule has 1 aromatic carbocycles. The summed E-state index contributed by atoms with van der Waals surface area (Å²) < 4.78 is 5.61. The number of ether oxygens (including phenoxy) is 1. The van der Waals surface area contributed by atoms with E-state index in [1.807, 2.05) is 0 Å². The summed E-state index contributed by atoms with van der Waals surface area (Å²) in [7, 11) is 0. The minimum atomic E-state index is -0.0208. The lowest BCUT2D eigenvalue weighted by molar-refractivity contribution is 0.164. The first-order chi connectivity index (χ1) is 9.72. The molecule has 1 aliphatic rings. The molecule has 1 heterocycles. The Labute approximate surface area is 123 Å². The highest BCUT2D eigenvalue weighted by atomic mass is 16.5. The van der Waals surface area contributed by atoms with Crippen LogP contribution >= 0.6 is 0 Å². The van der Waals surface area contributed by atoms with Gasteiger partial charge in [-0.25, -0.2) is 0 Å². The summed E-state index contributed by atoms with van der Waals surface area (Å²) in [4.78, 5) is 2.51. The van der Waals surface area contributed by atoms with E-state index in [2.05, 4.69) is 49.1 Å². The van der Waals surface area contributed by atoms with Crippen molar-refractivity contribution in [2.24, 2.45) is 11.7 Å². The number of nitrogens with zero attached hydrogens (tertiary/aromatic N) is 1. The molecule has 0 aromatic heterocycles. The Balaban J connectivity index is 2.27. The van der Waals surface area contributed by atoms with Crippen LogP contribution in [0.4, 0.5) is 5.69 Å². The number of rotatable bonds is 7. The third kappa shape index (κ3) is 3.15. The van der Waals surface area contributed by atoms with E-state index < -0.39 is 0 Å². The second-order valence-corrected chi connectivity index (χ2v) is 5.96. The highest BCUT2D eigenvalue weighted by Gasteiger charge is 2.40. The lowest BCUT2D eigenvalue weighted by Crippen LogP contribution is -2.57. The smallest absolute Gasteiger partial charge is 0.0546 e. The van der Waals surface area contributed by atoms with Gasteiger partial charge in [0, 0.05) is 31.3 Å². The minimum absolute atomic E-state index is 0.0208. The number of para-hydroxylation sites is 1. The predicted molar refractivity (Wildman–Crippen MR) is 85.1 cm³/mol. The molecule has 1 saturated heterocycles. The quantitative estimate of drug-likeness (QED) is 0.832. The number of benzene rings is 1. The Bertz CT molecular complexity index is 389. The first kappa shape index (κ1) is 15.3. The van der Waals surface area contributed by atoms with Crippen LogP contribution in [0.5, 0.6) is 0 Å².